The van der Waals surface area contributed by atoms with Crippen LogP contribution in [-0.4, -0.2) is 51.3 Å². The smallest absolute Gasteiger partial charge is 0.271 e. The van der Waals surface area contributed by atoms with Crippen molar-refractivity contribution in [2.24, 2.45) is 0 Å². The van der Waals surface area contributed by atoms with E-state index in [1.54, 1.807) is 0 Å². The third-order valence-corrected chi connectivity index (χ3v) is 6.25. The molecule has 0 aliphatic carbocycles. The number of benzene rings is 2. The molecular weight excluding hydrogens is 380 g/mol. The van der Waals surface area contributed by atoms with Gasteiger partial charge in [-0.05, 0) is 5.56 Å². The molecule has 29 heavy (non-hydrogen) atoms. The van der Waals surface area contributed by atoms with Crippen molar-refractivity contribution < 1.29 is 4.79 Å². The zero-order valence-electron chi connectivity index (χ0n) is 16.1. The molecule has 0 saturated carbocycles. The summed E-state index contributed by atoms with van der Waals surface area (Å²) in [6.07, 6.45) is 1.97. The lowest BCUT2D eigenvalue weighted by Crippen LogP contribution is -2.48. The lowest BCUT2D eigenvalue weighted by Gasteiger charge is -2.34. The lowest BCUT2D eigenvalue weighted by atomic mass is 10.2. The summed E-state index contributed by atoms with van der Waals surface area (Å²) in [6, 6.07) is 20.6. The van der Waals surface area contributed by atoms with Gasteiger partial charge in [0.2, 0.25) is 0 Å². The molecule has 5 rings (SSSR count). The molecule has 0 radical (unpaired) electrons. The number of carbonyl (C=O) groups excluding carboxylic acids is 1. The SMILES string of the molecule is O=C(c1csc2nc(-c3ccccc3)cn12)N1CCN(Cc2ccccc2)CC1. The van der Waals surface area contributed by atoms with Crippen molar-refractivity contribution in [1.29, 1.82) is 0 Å². The van der Waals surface area contributed by atoms with E-state index >= 15 is 0 Å². The van der Waals surface area contributed by atoms with Gasteiger partial charge < -0.3 is 4.90 Å². The molecular formula is C23H22N4OS. The van der Waals surface area contributed by atoms with E-state index in [9.17, 15) is 4.79 Å². The fraction of sp³-hybridized carbons (Fsp3) is 0.217. The summed E-state index contributed by atoms with van der Waals surface area (Å²) >= 11 is 1.52. The first kappa shape index (κ1) is 18.1. The van der Waals surface area contributed by atoms with Crippen molar-refractivity contribution in [1.82, 2.24) is 19.2 Å². The van der Waals surface area contributed by atoms with E-state index in [0.717, 1.165) is 48.9 Å². The Kier molecular flexibility index (Phi) is 4.87. The summed E-state index contributed by atoms with van der Waals surface area (Å²) in [5, 5.41) is 1.93. The average molecular weight is 403 g/mol. The summed E-state index contributed by atoms with van der Waals surface area (Å²) in [5.41, 5.74) is 3.99. The molecule has 0 spiro atoms. The van der Waals surface area contributed by atoms with Crippen LogP contribution in [0.3, 0.4) is 0 Å². The standard InChI is InChI=1S/C23H22N4OS/c28-22(26-13-11-25(12-14-26)15-18-7-3-1-4-8-18)21-17-29-23-24-20(16-27(21)23)19-9-5-2-6-10-19/h1-10,16-17H,11-15H2. The molecule has 4 aromatic rings. The fourth-order valence-electron chi connectivity index (χ4n) is 3.80. The predicted octanol–water partition coefficient (Wildman–Crippen LogP) is 4.02. The monoisotopic (exact) mass is 402 g/mol. The van der Waals surface area contributed by atoms with Crippen LogP contribution in [0.2, 0.25) is 0 Å². The highest BCUT2D eigenvalue weighted by Gasteiger charge is 2.25. The molecule has 2 aromatic heterocycles. The Morgan fingerprint density at radius 1 is 0.931 bits per heavy atom. The Balaban J connectivity index is 1.29. The Hall–Kier alpha value is -2.96. The maximum atomic E-state index is 13.2. The summed E-state index contributed by atoms with van der Waals surface area (Å²) in [5.74, 6) is 0.0904. The second kappa shape index (κ2) is 7.81. The third-order valence-electron chi connectivity index (χ3n) is 5.41. The van der Waals surface area contributed by atoms with E-state index < -0.39 is 0 Å². The first-order chi connectivity index (χ1) is 14.3. The van der Waals surface area contributed by atoms with Crippen LogP contribution in [0, 0.1) is 0 Å². The molecule has 146 valence electrons. The Morgan fingerprint density at radius 3 is 2.34 bits per heavy atom. The van der Waals surface area contributed by atoms with Crippen molar-refractivity contribution >= 4 is 22.2 Å². The van der Waals surface area contributed by atoms with E-state index in [1.807, 2.05) is 57.3 Å². The second-order valence-corrected chi connectivity index (χ2v) is 8.16. The highest BCUT2D eigenvalue weighted by molar-refractivity contribution is 7.15. The number of hydrogen-bond donors (Lipinski definition) is 0. The van der Waals surface area contributed by atoms with Gasteiger partial charge in [-0.25, -0.2) is 4.98 Å². The maximum absolute atomic E-state index is 13.2. The van der Waals surface area contributed by atoms with Crippen LogP contribution in [0.1, 0.15) is 16.1 Å². The zero-order chi connectivity index (χ0) is 19.6. The Morgan fingerprint density at radius 2 is 1.62 bits per heavy atom. The van der Waals surface area contributed by atoms with E-state index in [4.69, 9.17) is 4.98 Å². The second-order valence-electron chi connectivity index (χ2n) is 7.32. The number of thiazole rings is 1. The Labute approximate surface area is 173 Å². The Bertz CT molecular complexity index is 1110. The maximum Gasteiger partial charge on any atom is 0.271 e. The first-order valence-electron chi connectivity index (χ1n) is 9.85. The van der Waals surface area contributed by atoms with Gasteiger partial charge in [-0.15, -0.1) is 11.3 Å². The number of imidazole rings is 1. The van der Waals surface area contributed by atoms with Crippen molar-refractivity contribution in [3.8, 4) is 11.3 Å². The number of piperazine rings is 1. The summed E-state index contributed by atoms with van der Waals surface area (Å²) in [4.78, 5) is 23.1. The van der Waals surface area contributed by atoms with Crippen LogP contribution in [0.4, 0.5) is 0 Å². The predicted molar refractivity (Wildman–Crippen MR) is 116 cm³/mol. The van der Waals surface area contributed by atoms with Crippen molar-refractivity contribution in [3.63, 3.8) is 0 Å². The quantitative estimate of drug-likeness (QED) is 0.518. The summed E-state index contributed by atoms with van der Waals surface area (Å²) < 4.78 is 1.94. The minimum Gasteiger partial charge on any atom is -0.335 e. The largest absolute Gasteiger partial charge is 0.335 e. The van der Waals surface area contributed by atoms with Crippen LogP contribution in [-0.2, 0) is 6.54 Å². The van der Waals surface area contributed by atoms with Crippen LogP contribution in [0.5, 0.6) is 0 Å². The van der Waals surface area contributed by atoms with Gasteiger partial charge in [0.05, 0.1) is 5.69 Å². The molecule has 0 bridgehead atoms. The van der Waals surface area contributed by atoms with Gasteiger partial charge in [0, 0.05) is 49.9 Å². The normalized spacial score (nSPS) is 15.1. The molecule has 0 unspecified atom stereocenters. The average Bonchev–Trinajstić information content (AvgIpc) is 3.36. The molecule has 2 aromatic carbocycles. The van der Waals surface area contributed by atoms with Crippen molar-refractivity contribution in [2.75, 3.05) is 26.2 Å². The number of rotatable bonds is 4. The summed E-state index contributed by atoms with van der Waals surface area (Å²) in [6.45, 7) is 4.24. The number of hydrogen-bond acceptors (Lipinski definition) is 4. The van der Waals surface area contributed by atoms with Crippen LogP contribution < -0.4 is 0 Å². The van der Waals surface area contributed by atoms with Gasteiger partial charge in [-0.1, -0.05) is 60.7 Å². The highest BCUT2D eigenvalue weighted by Crippen LogP contribution is 2.24. The molecule has 0 N–H and O–H groups in total. The van der Waals surface area contributed by atoms with Gasteiger partial charge in [0.15, 0.2) is 4.96 Å². The molecule has 1 aliphatic heterocycles. The molecule has 3 heterocycles. The molecule has 5 nitrogen and oxygen atoms in total. The van der Waals surface area contributed by atoms with Crippen molar-refractivity contribution in [3.05, 3.63) is 83.5 Å². The van der Waals surface area contributed by atoms with Gasteiger partial charge >= 0.3 is 0 Å². The van der Waals surface area contributed by atoms with E-state index in [0.29, 0.717) is 5.69 Å². The lowest BCUT2D eigenvalue weighted by molar-refractivity contribution is 0.0622. The van der Waals surface area contributed by atoms with E-state index in [-0.39, 0.29) is 5.91 Å². The number of nitrogens with zero attached hydrogens (tertiary/aromatic N) is 4. The topological polar surface area (TPSA) is 40.9 Å². The third kappa shape index (κ3) is 3.69. The molecule has 1 saturated heterocycles. The van der Waals surface area contributed by atoms with Gasteiger partial charge in [-0.2, -0.15) is 0 Å². The number of carbonyl (C=O) groups is 1. The van der Waals surface area contributed by atoms with Crippen LogP contribution >= 0.6 is 11.3 Å². The van der Waals surface area contributed by atoms with Gasteiger partial charge in [-0.3, -0.25) is 14.1 Å². The van der Waals surface area contributed by atoms with Crippen LogP contribution in [0.15, 0.2) is 72.2 Å². The zero-order valence-corrected chi connectivity index (χ0v) is 16.9. The minimum absolute atomic E-state index is 0.0904. The fourth-order valence-corrected chi connectivity index (χ4v) is 4.65. The molecule has 1 amide bonds. The molecule has 0 atom stereocenters. The van der Waals surface area contributed by atoms with Crippen molar-refractivity contribution in [2.45, 2.75) is 6.54 Å². The molecule has 1 aliphatic rings. The van der Waals surface area contributed by atoms with E-state index in [1.165, 1.54) is 16.9 Å². The molecule has 1 fully saturated rings. The van der Waals surface area contributed by atoms with Gasteiger partial charge in [0.1, 0.15) is 5.69 Å². The number of amides is 1. The minimum atomic E-state index is 0.0904. The number of aromatic nitrogens is 2. The van der Waals surface area contributed by atoms with Crippen LogP contribution in [0.25, 0.3) is 16.2 Å². The van der Waals surface area contributed by atoms with Gasteiger partial charge in [0.25, 0.3) is 5.91 Å². The van der Waals surface area contributed by atoms with E-state index in [2.05, 4.69) is 29.2 Å². The summed E-state index contributed by atoms with van der Waals surface area (Å²) in [7, 11) is 0. The molecule has 6 heteroatoms. The first-order valence-corrected chi connectivity index (χ1v) is 10.7. The number of fused-ring (bicyclic) bond motifs is 1. The highest BCUT2D eigenvalue weighted by atomic mass is 32.1.